The van der Waals surface area contributed by atoms with Crippen LogP contribution < -0.4 is 5.32 Å². The molecular formula is C21H24FNO2. The van der Waals surface area contributed by atoms with Gasteiger partial charge >= 0.3 is 0 Å². The summed E-state index contributed by atoms with van der Waals surface area (Å²) in [6.07, 6.45) is 2.85. The van der Waals surface area contributed by atoms with Gasteiger partial charge in [0, 0.05) is 31.6 Å². The minimum Gasteiger partial charge on any atom is -0.381 e. The van der Waals surface area contributed by atoms with Crippen LogP contribution >= 0.6 is 0 Å². The number of amides is 1. The van der Waals surface area contributed by atoms with Gasteiger partial charge < -0.3 is 10.1 Å². The third-order valence-corrected chi connectivity index (χ3v) is 5.01. The van der Waals surface area contributed by atoms with Crippen LogP contribution in [0.4, 0.5) is 4.39 Å². The average Bonchev–Trinajstić information content (AvgIpc) is 2.67. The summed E-state index contributed by atoms with van der Waals surface area (Å²) >= 11 is 0. The van der Waals surface area contributed by atoms with Gasteiger partial charge in [-0.25, -0.2) is 4.39 Å². The van der Waals surface area contributed by atoms with Gasteiger partial charge in [-0.15, -0.1) is 0 Å². The van der Waals surface area contributed by atoms with Gasteiger partial charge in [0.1, 0.15) is 5.82 Å². The Hall–Kier alpha value is -2.20. The number of rotatable bonds is 6. The molecule has 0 unspecified atom stereocenters. The molecule has 0 radical (unpaired) electrons. The molecule has 1 amide bonds. The summed E-state index contributed by atoms with van der Waals surface area (Å²) < 4.78 is 18.5. The molecule has 0 spiro atoms. The van der Waals surface area contributed by atoms with Gasteiger partial charge in [-0.2, -0.15) is 0 Å². The molecule has 2 aromatic rings. The average molecular weight is 341 g/mol. The van der Waals surface area contributed by atoms with E-state index < -0.39 is 0 Å². The third kappa shape index (κ3) is 4.67. The highest BCUT2D eigenvalue weighted by Crippen LogP contribution is 2.34. The van der Waals surface area contributed by atoms with Crippen LogP contribution in [-0.2, 0) is 21.4 Å². The van der Waals surface area contributed by atoms with Gasteiger partial charge in [0.05, 0.1) is 0 Å². The first-order valence-electron chi connectivity index (χ1n) is 8.82. The molecule has 132 valence electrons. The van der Waals surface area contributed by atoms with E-state index in [0.29, 0.717) is 19.4 Å². The van der Waals surface area contributed by atoms with Gasteiger partial charge in [-0.3, -0.25) is 4.79 Å². The molecule has 4 heteroatoms. The second kappa shape index (κ2) is 8.26. The second-order valence-corrected chi connectivity index (χ2v) is 6.66. The van der Waals surface area contributed by atoms with Gasteiger partial charge in [0.2, 0.25) is 5.91 Å². The Balaban J connectivity index is 1.57. The largest absolute Gasteiger partial charge is 0.381 e. The van der Waals surface area contributed by atoms with E-state index >= 15 is 0 Å². The van der Waals surface area contributed by atoms with Crippen LogP contribution in [0.3, 0.4) is 0 Å². The maximum atomic E-state index is 12.9. The highest BCUT2D eigenvalue weighted by molar-refractivity contribution is 5.76. The Labute approximate surface area is 148 Å². The van der Waals surface area contributed by atoms with Crippen LogP contribution in [0, 0.1) is 5.82 Å². The minimum absolute atomic E-state index is 0.0334. The lowest BCUT2D eigenvalue weighted by molar-refractivity contribution is -0.121. The van der Waals surface area contributed by atoms with Crippen LogP contribution in [0.15, 0.2) is 54.6 Å². The number of halogens is 1. The Morgan fingerprint density at radius 3 is 2.40 bits per heavy atom. The first kappa shape index (κ1) is 17.6. The molecule has 0 atom stereocenters. The predicted octanol–water partition coefficient (Wildman–Crippen LogP) is 3.62. The third-order valence-electron chi connectivity index (χ3n) is 5.01. The molecule has 25 heavy (non-hydrogen) atoms. The highest BCUT2D eigenvalue weighted by Gasteiger charge is 2.34. The molecule has 1 fully saturated rings. The topological polar surface area (TPSA) is 38.3 Å². The lowest BCUT2D eigenvalue weighted by Gasteiger charge is -2.38. The molecule has 1 N–H and O–H groups in total. The number of hydrogen-bond acceptors (Lipinski definition) is 2. The number of benzene rings is 2. The Morgan fingerprint density at radius 2 is 1.72 bits per heavy atom. The van der Waals surface area contributed by atoms with Crippen molar-refractivity contribution in [3.8, 4) is 0 Å². The van der Waals surface area contributed by atoms with Crippen LogP contribution in [0.25, 0.3) is 0 Å². The molecule has 0 saturated carbocycles. The first-order chi connectivity index (χ1) is 12.2. The van der Waals surface area contributed by atoms with E-state index in [1.54, 1.807) is 12.1 Å². The summed E-state index contributed by atoms with van der Waals surface area (Å²) in [6.45, 7) is 2.07. The molecule has 1 aliphatic heterocycles. The lowest BCUT2D eigenvalue weighted by atomic mass is 9.74. The molecule has 1 saturated heterocycles. The van der Waals surface area contributed by atoms with E-state index in [-0.39, 0.29) is 17.1 Å². The lowest BCUT2D eigenvalue weighted by Crippen LogP contribution is -2.44. The number of aryl methyl sites for hydroxylation is 1. The van der Waals surface area contributed by atoms with Crippen molar-refractivity contribution in [3.63, 3.8) is 0 Å². The fourth-order valence-corrected chi connectivity index (χ4v) is 3.39. The van der Waals surface area contributed by atoms with Crippen molar-refractivity contribution in [2.75, 3.05) is 19.8 Å². The first-order valence-corrected chi connectivity index (χ1v) is 8.82. The molecular weight excluding hydrogens is 317 g/mol. The zero-order valence-electron chi connectivity index (χ0n) is 14.3. The molecule has 3 nitrogen and oxygen atoms in total. The van der Waals surface area contributed by atoms with E-state index in [0.717, 1.165) is 31.6 Å². The molecule has 1 heterocycles. The van der Waals surface area contributed by atoms with E-state index in [1.807, 2.05) is 18.2 Å². The summed E-state index contributed by atoms with van der Waals surface area (Å²) in [4.78, 5) is 12.3. The monoisotopic (exact) mass is 341 g/mol. The Kier molecular flexibility index (Phi) is 5.82. The summed E-state index contributed by atoms with van der Waals surface area (Å²) in [5.74, 6) is -0.219. The van der Waals surface area contributed by atoms with E-state index in [1.165, 1.54) is 17.7 Å². The van der Waals surface area contributed by atoms with Crippen LogP contribution in [0.1, 0.15) is 30.4 Å². The van der Waals surface area contributed by atoms with Gasteiger partial charge in [-0.1, -0.05) is 42.5 Å². The summed E-state index contributed by atoms with van der Waals surface area (Å²) in [5.41, 5.74) is 2.18. The molecule has 1 aliphatic rings. The second-order valence-electron chi connectivity index (χ2n) is 6.66. The Morgan fingerprint density at radius 1 is 1.04 bits per heavy atom. The number of carbonyl (C=O) groups excluding carboxylic acids is 1. The van der Waals surface area contributed by atoms with Crippen LogP contribution in [0.5, 0.6) is 0 Å². The molecule has 3 rings (SSSR count). The van der Waals surface area contributed by atoms with Crippen molar-refractivity contribution in [3.05, 3.63) is 71.5 Å². The number of nitrogens with one attached hydrogen (secondary N) is 1. The quantitative estimate of drug-likeness (QED) is 0.871. The number of carbonyl (C=O) groups is 1. The van der Waals surface area contributed by atoms with E-state index in [4.69, 9.17) is 4.74 Å². The van der Waals surface area contributed by atoms with Crippen molar-refractivity contribution < 1.29 is 13.9 Å². The number of hydrogen-bond donors (Lipinski definition) is 1. The van der Waals surface area contributed by atoms with Crippen LogP contribution in [-0.4, -0.2) is 25.7 Å². The van der Waals surface area contributed by atoms with Crippen LogP contribution in [0.2, 0.25) is 0 Å². The SMILES string of the molecule is O=C(CCc1ccc(F)cc1)NCC1(c2ccccc2)CCOCC1. The molecule has 2 aromatic carbocycles. The van der Waals surface area contributed by atoms with Crippen molar-refractivity contribution in [2.45, 2.75) is 31.1 Å². The highest BCUT2D eigenvalue weighted by atomic mass is 19.1. The molecule has 0 bridgehead atoms. The minimum atomic E-state index is -0.252. The van der Waals surface area contributed by atoms with Gasteiger partial charge in [0.15, 0.2) is 0 Å². The predicted molar refractivity (Wildman–Crippen MR) is 95.9 cm³/mol. The summed E-state index contributed by atoms with van der Waals surface area (Å²) in [5, 5.41) is 3.10. The standard InChI is InChI=1S/C21H24FNO2/c22-19-9-6-17(7-10-19)8-11-20(24)23-16-21(12-14-25-15-13-21)18-4-2-1-3-5-18/h1-7,9-10H,8,11-16H2,(H,23,24). The van der Waals surface area contributed by atoms with Crippen molar-refractivity contribution >= 4 is 5.91 Å². The zero-order chi connectivity index (χ0) is 17.5. The molecule has 0 aromatic heterocycles. The van der Waals surface area contributed by atoms with E-state index in [9.17, 15) is 9.18 Å². The fraction of sp³-hybridized carbons (Fsp3) is 0.381. The van der Waals surface area contributed by atoms with Crippen molar-refractivity contribution in [2.24, 2.45) is 0 Å². The van der Waals surface area contributed by atoms with Crippen molar-refractivity contribution in [1.29, 1.82) is 0 Å². The maximum Gasteiger partial charge on any atom is 0.220 e. The zero-order valence-corrected chi connectivity index (χ0v) is 14.3. The normalized spacial score (nSPS) is 16.4. The molecule has 0 aliphatic carbocycles. The van der Waals surface area contributed by atoms with Crippen molar-refractivity contribution in [1.82, 2.24) is 5.32 Å². The smallest absolute Gasteiger partial charge is 0.220 e. The number of ether oxygens (including phenoxy) is 1. The summed E-state index contributed by atoms with van der Waals surface area (Å²) in [6, 6.07) is 16.7. The maximum absolute atomic E-state index is 12.9. The Bertz CT molecular complexity index is 679. The summed E-state index contributed by atoms with van der Waals surface area (Å²) in [7, 11) is 0. The van der Waals surface area contributed by atoms with E-state index in [2.05, 4.69) is 17.4 Å². The van der Waals surface area contributed by atoms with Gasteiger partial charge in [-0.05, 0) is 42.5 Å². The fourth-order valence-electron chi connectivity index (χ4n) is 3.39. The van der Waals surface area contributed by atoms with Gasteiger partial charge in [0.25, 0.3) is 0 Å².